The van der Waals surface area contributed by atoms with Crippen molar-refractivity contribution in [3.63, 3.8) is 0 Å². The van der Waals surface area contributed by atoms with Gasteiger partial charge in [0.25, 0.3) is 0 Å². The lowest BCUT2D eigenvalue weighted by Crippen LogP contribution is -2.44. The topological polar surface area (TPSA) is 22.3 Å². The first-order valence-corrected chi connectivity index (χ1v) is 6.26. The van der Waals surface area contributed by atoms with Crippen LogP contribution in [0.3, 0.4) is 0 Å². The number of aromatic nitrogens is 1. The van der Waals surface area contributed by atoms with Crippen molar-refractivity contribution >= 4 is 16.6 Å². The van der Waals surface area contributed by atoms with Crippen LogP contribution in [0.2, 0.25) is 0 Å². The summed E-state index contributed by atoms with van der Waals surface area (Å²) in [7, 11) is 2.19. The first-order valence-electron chi connectivity index (χ1n) is 6.26. The van der Waals surface area contributed by atoms with Gasteiger partial charge in [-0.15, -0.1) is 0 Å². The van der Waals surface area contributed by atoms with Gasteiger partial charge in [0.2, 0.25) is 0 Å². The molecule has 1 aromatic heterocycles. The maximum Gasteiger partial charge on any atom is 0.0694 e. The van der Waals surface area contributed by atoms with Gasteiger partial charge in [-0.3, -0.25) is 0 Å². The number of H-pyrrole nitrogens is 1. The average Bonchev–Trinajstić information content (AvgIpc) is 2.81. The van der Waals surface area contributed by atoms with Crippen molar-refractivity contribution in [2.24, 2.45) is 0 Å². The van der Waals surface area contributed by atoms with Crippen LogP contribution in [0.15, 0.2) is 24.4 Å². The van der Waals surface area contributed by atoms with Gasteiger partial charge in [-0.25, -0.2) is 0 Å². The molecular formula is C14H19N3. The molecule has 0 aliphatic carbocycles. The number of hydrogen-bond acceptors (Lipinski definition) is 2. The van der Waals surface area contributed by atoms with Crippen molar-refractivity contribution in [1.82, 2.24) is 9.88 Å². The molecule has 1 aliphatic rings. The van der Waals surface area contributed by atoms with Crippen LogP contribution in [0.4, 0.5) is 5.69 Å². The summed E-state index contributed by atoms with van der Waals surface area (Å²) in [6.07, 6.45) is 2.04. The second-order valence-corrected chi connectivity index (χ2v) is 4.96. The number of nitrogens with one attached hydrogen (secondary N) is 1. The monoisotopic (exact) mass is 229 g/mol. The molecule has 0 bridgehead atoms. The second kappa shape index (κ2) is 4.08. The lowest BCUT2D eigenvalue weighted by atomic mass is 10.1. The summed E-state index contributed by atoms with van der Waals surface area (Å²) in [5.41, 5.74) is 3.98. The number of fused-ring (bicyclic) bond motifs is 1. The molecule has 17 heavy (non-hydrogen) atoms. The number of likely N-dealkylation sites (N-methyl/N-ethyl adjacent to an activating group) is 1. The Balaban J connectivity index is 2.00. The third-order valence-electron chi connectivity index (χ3n) is 3.76. The summed E-state index contributed by atoms with van der Waals surface area (Å²) < 4.78 is 0. The normalized spacial score (nSPS) is 17.9. The highest BCUT2D eigenvalue weighted by Crippen LogP contribution is 2.28. The molecule has 1 aromatic carbocycles. The minimum Gasteiger partial charge on any atom is -0.367 e. The lowest BCUT2D eigenvalue weighted by Gasteiger charge is -2.34. The third kappa shape index (κ3) is 1.80. The zero-order valence-electron chi connectivity index (χ0n) is 10.5. The standard InChI is InChI=1S/C14H19N3/c1-11-3-4-13(14-12(11)5-6-15-14)17-9-7-16(2)8-10-17/h3-6,15H,7-10H2,1-2H3. The Morgan fingerprint density at radius 2 is 1.82 bits per heavy atom. The van der Waals surface area contributed by atoms with Gasteiger partial charge in [-0.2, -0.15) is 0 Å². The molecular weight excluding hydrogens is 210 g/mol. The van der Waals surface area contributed by atoms with Gasteiger partial charge in [-0.05, 0) is 31.7 Å². The fraction of sp³-hybridized carbons (Fsp3) is 0.429. The zero-order valence-corrected chi connectivity index (χ0v) is 10.5. The van der Waals surface area contributed by atoms with Crippen LogP contribution in [0.1, 0.15) is 5.56 Å². The van der Waals surface area contributed by atoms with Gasteiger partial charge in [0.15, 0.2) is 0 Å². The van der Waals surface area contributed by atoms with Crippen molar-refractivity contribution in [2.75, 3.05) is 38.1 Å². The molecule has 2 aromatic rings. The van der Waals surface area contributed by atoms with Crippen molar-refractivity contribution in [3.05, 3.63) is 30.0 Å². The molecule has 1 saturated heterocycles. The van der Waals surface area contributed by atoms with Crippen molar-refractivity contribution in [1.29, 1.82) is 0 Å². The number of piperazine rings is 1. The molecule has 90 valence electrons. The van der Waals surface area contributed by atoms with E-state index in [4.69, 9.17) is 0 Å². The highest BCUT2D eigenvalue weighted by atomic mass is 15.2. The predicted molar refractivity (Wildman–Crippen MR) is 72.7 cm³/mol. The molecule has 0 atom stereocenters. The van der Waals surface area contributed by atoms with E-state index in [-0.39, 0.29) is 0 Å². The van der Waals surface area contributed by atoms with Gasteiger partial charge in [0.1, 0.15) is 0 Å². The third-order valence-corrected chi connectivity index (χ3v) is 3.76. The summed E-state index contributed by atoms with van der Waals surface area (Å²) in [4.78, 5) is 8.25. The Kier molecular flexibility index (Phi) is 2.56. The molecule has 0 spiro atoms. The highest BCUT2D eigenvalue weighted by Gasteiger charge is 2.16. The van der Waals surface area contributed by atoms with Crippen LogP contribution in [-0.4, -0.2) is 43.1 Å². The van der Waals surface area contributed by atoms with Crippen LogP contribution in [-0.2, 0) is 0 Å². The van der Waals surface area contributed by atoms with E-state index in [1.807, 2.05) is 6.20 Å². The molecule has 3 rings (SSSR count). The van der Waals surface area contributed by atoms with E-state index in [1.165, 1.54) is 22.2 Å². The molecule has 0 unspecified atom stereocenters. The number of benzene rings is 1. The molecule has 0 amide bonds. The van der Waals surface area contributed by atoms with Crippen LogP contribution in [0, 0.1) is 6.92 Å². The fourth-order valence-corrected chi connectivity index (χ4v) is 2.60. The van der Waals surface area contributed by atoms with E-state index in [2.05, 4.69) is 47.0 Å². The maximum absolute atomic E-state index is 3.38. The van der Waals surface area contributed by atoms with Gasteiger partial charge < -0.3 is 14.8 Å². The maximum atomic E-state index is 3.38. The molecule has 3 nitrogen and oxygen atoms in total. The van der Waals surface area contributed by atoms with Gasteiger partial charge in [0.05, 0.1) is 11.2 Å². The Morgan fingerprint density at radius 1 is 1.06 bits per heavy atom. The molecule has 2 heterocycles. The minimum atomic E-state index is 1.12. The first kappa shape index (κ1) is 10.7. The lowest BCUT2D eigenvalue weighted by molar-refractivity contribution is 0.313. The second-order valence-electron chi connectivity index (χ2n) is 4.96. The number of rotatable bonds is 1. The van der Waals surface area contributed by atoms with Crippen LogP contribution in [0.25, 0.3) is 10.9 Å². The van der Waals surface area contributed by atoms with Gasteiger partial charge in [0, 0.05) is 37.8 Å². The fourth-order valence-electron chi connectivity index (χ4n) is 2.60. The molecule has 3 heteroatoms. The van der Waals surface area contributed by atoms with Gasteiger partial charge >= 0.3 is 0 Å². The van der Waals surface area contributed by atoms with Crippen LogP contribution in [0.5, 0.6) is 0 Å². The summed E-state index contributed by atoms with van der Waals surface area (Å²) >= 11 is 0. The van der Waals surface area contributed by atoms with E-state index in [1.54, 1.807) is 0 Å². The molecule has 0 saturated carbocycles. The summed E-state index contributed by atoms with van der Waals surface area (Å²) in [5, 5.41) is 1.35. The molecule has 0 radical (unpaired) electrons. The molecule has 1 fully saturated rings. The largest absolute Gasteiger partial charge is 0.367 e. The average molecular weight is 229 g/mol. The number of nitrogens with zero attached hydrogens (tertiary/aromatic N) is 2. The first-order chi connectivity index (χ1) is 8.25. The van der Waals surface area contributed by atoms with E-state index in [0.717, 1.165) is 26.2 Å². The molecule has 1 N–H and O–H groups in total. The Labute approximate surface area is 102 Å². The van der Waals surface area contributed by atoms with Crippen molar-refractivity contribution in [2.45, 2.75) is 6.92 Å². The van der Waals surface area contributed by atoms with E-state index in [9.17, 15) is 0 Å². The summed E-state index contributed by atoms with van der Waals surface area (Å²) in [6, 6.07) is 6.65. The van der Waals surface area contributed by atoms with E-state index in [0.29, 0.717) is 0 Å². The van der Waals surface area contributed by atoms with E-state index < -0.39 is 0 Å². The van der Waals surface area contributed by atoms with Gasteiger partial charge in [-0.1, -0.05) is 6.07 Å². The minimum absolute atomic E-state index is 1.12. The number of anilines is 1. The Morgan fingerprint density at radius 3 is 2.59 bits per heavy atom. The Bertz CT molecular complexity index is 521. The summed E-state index contributed by atoms with van der Waals surface area (Å²) in [6.45, 7) is 6.71. The Hall–Kier alpha value is -1.48. The van der Waals surface area contributed by atoms with Crippen molar-refractivity contribution < 1.29 is 0 Å². The quantitative estimate of drug-likeness (QED) is 0.810. The smallest absolute Gasteiger partial charge is 0.0694 e. The SMILES string of the molecule is Cc1ccc(N2CCN(C)CC2)c2[nH]ccc12. The van der Waals surface area contributed by atoms with Crippen LogP contribution >= 0.6 is 0 Å². The number of hydrogen-bond donors (Lipinski definition) is 1. The zero-order chi connectivity index (χ0) is 11.8. The number of aryl methyl sites for hydroxylation is 1. The predicted octanol–water partition coefficient (Wildman–Crippen LogP) is 2.23. The molecule has 1 aliphatic heterocycles. The highest BCUT2D eigenvalue weighted by molar-refractivity contribution is 5.93. The number of aromatic amines is 1. The van der Waals surface area contributed by atoms with Crippen LogP contribution < -0.4 is 4.90 Å². The van der Waals surface area contributed by atoms with E-state index >= 15 is 0 Å². The van der Waals surface area contributed by atoms with Crippen molar-refractivity contribution in [3.8, 4) is 0 Å². The summed E-state index contributed by atoms with van der Waals surface area (Å²) in [5.74, 6) is 0.